The number of methoxy groups -OCH3 is 5. The van der Waals surface area contributed by atoms with Gasteiger partial charge in [0, 0.05) is 25.9 Å². The predicted octanol–water partition coefficient (Wildman–Crippen LogP) is 10.9. The van der Waals surface area contributed by atoms with Gasteiger partial charge in [0.1, 0.15) is 10.7 Å². The van der Waals surface area contributed by atoms with Gasteiger partial charge in [0.05, 0.1) is 46.7 Å². The van der Waals surface area contributed by atoms with Crippen LogP contribution < -0.4 is 29.0 Å². The highest BCUT2D eigenvalue weighted by Crippen LogP contribution is 2.41. The number of carbonyl (C=O) groups excluding carboxylic acids is 2. The summed E-state index contributed by atoms with van der Waals surface area (Å²) >= 11 is 1.45. The Kier molecular flexibility index (Phi) is 17.2. The van der Waals surface area contributed by atoms with E-state index in [2.05, 4.69) is 71.0 Å². The van der Waals surface area contributed by atoms with Crippen molar-refractivity contribution in [2.75, 3.05) is 48.6 Å². The van der Waals surface area contributed by atoms with Crippen molar-refractivity contribution in [2.24, 2.45) is 0 Å². The van der Waals surface area contributed by atoms with Gasteiger partial charge in [-0.3, -0.25) is 9.59 Å². The quantitative estimate of drug-likeness (QED) is 0.122. The molecule has 5 aromatic carbocycles. The first-order chi connectivity index (χ1) is 29.8. The standard InChI is InChI=1S/C25H27NO4.C23H24N2O3S.C2H6.H2/c1-17(16-18-10-12-20(13-11-18)19-8-6-5-7-9-19)26-25(27)21-14-15-22(28-2)24(30-4)23(21)29-3;1-27-20-10-6-9-18(21(20)28-2)22-24-19(15-29-22)23(26)25-13-11-17(12-14-25)16-7-4-3-5-8-16;1-2;/h5-15,17H,16H2,1-4H3,(H,26,27);3-10,15,17H,11-14H2,1-2H3;1-2H3;1H. The number of amides is 2. The van der Waals surface area contributed by atoms with Crippen molar-refractivity contribution in [3.63, 3.8) is 0 Å². The van der Waals surface area contributed by atoms with Crippen LogP contribution in [0.1, 0.15) is 72.9 Å². The Morgan fingerprint density at radius 1 is 0.705 bits per heavy atom. The summed E-state index contributed by atoms with van der Waals surface area (Å²) in [4.78, 5) is 32.4. The number of thiazole rings is 1. The average molecular weight is 846 g/mol. The van der Waals surface area contributed by atoms with Gasteiger partial charge in [-0.25, -0.2) is 4.98 Å². The summed E-state index contributed by atoms with van der Waals surface area (Å²) in [6.45, 7) is 7.50. The van der Waals surface area contributed by atoms with E-state index in [1.165, 1.54) is 42.2 Å². The summed E-state index contributed by atoms with van der Waals surface area (Å²) in [5, 5.41) is 5.63. The molecule has 322 valence electrons. The topological polar surface area (TPSA) is 108 Å². The number of nitrogens with zero attached hydrogens (tertiary/aromatic N) is 2. The lowest BCUT2D eigenvalue weighted by Gasteiger charge is -2.31. The van der Waals surface area contributed by atoms with E-state index in [4.69, 9.17) is 23.7 Å². The largest absolute Gasteiger partial charge is 0.493 e. The highest BCUT2D eigenvalue weighted by molar-refractivity contribution is 7.13. The number of benzene rings is 5. The first-order valence-electron chi connectivity index (χ1n) is 20.5. The smallest absolute Gasteiger partial charge is 0.273 e. The number of para-hydroxylation sites is 1. The van der Waals surface area contributed by atoms with Crippen molar-refractivity contribution in [3.05, 3.63) is 143 Å². The molecule has 1 aromatic heterocycles. The average Bonchev–Trinajstić information content (AvgIpc) is 3.82. The Morgan fingerprint density at radius 2 is 1.30 bits per heavy atom. The lowest BCUT2D eigenvalue weighted by Crippen LogP contribution is -2.38. The predicted molar refractivity (Wildman–Crippen MR) is 247 cm³/mol. The fourth-order valence-corrected chi connectivity index (χ4v) is 8.12. The molecule has 0 spiro atoms. The minimum atomic E-state index is -0.221. The van der Waals surface area contributed by atoms with Crippen molar-refractivity contribution in [3.8, 4) is 50.4 Å². The summed E-state index contributed by atoms with van der Waals surface area (Å²) in [7, 11) is 7.78. The van der Waals surface area contributed by atoms with Gasteiger partial charge in [-0.1, -0.05) is 105 Å². The number of piperidine rings is 1. The van der Waals surface area contributed by atoms with Gasteiger partial charge in [0.15, 0.2) is 23.0 Å². The molecule has 0 aliphatic carbocycles. The van der Waals surface area contributed by atoms with Crippen molar-refractivity contribution in [1.29, 1.82) is 0 Å². The van der Waals surface area contributed by atoms with Crippen LogP contribution in [-0.4, -0.2) is 76.4 Å². The van der Waals surface area contributed by atoms with Crippen LogP contribution in [0.4, 0.5) is 0 Å². The molecule has 1 aliphatic rings. The van der Waals surface area contributed by atoms with Crippen LogP contribution in [0.15, 0.2) is 121 Å². The van der Waals surface area contributed by atoms with E-state index >= 15 is 0 Å². The number of ether oxygens (including phenoxy) is 5. The molecule has 11 heteroatoms. The minimum absolute atomic E-state index is 0. The van der Waals surface area contributed by atoms with Crippen LogP contribution in [0.2, 0.25) is 0 Å². The Morgan fingerprint density at radius 3 is 1.90 bits per heavy atom. The second kappa shape index (κ2) is 22.9. The molecule has 1 fully saturated rings. The highest BCUT2D eigenvalue weighted by Gasteiger charge is 2.27. The number of rotatable bonds is 13. The second-order valence-corrected chi connectivity index (χ2v) is 14.9. The summed E-state index contributed by atoms with van der Waals surface area (Å²) < 4.78 is 26.9. The minimum Gasteiger partial charge on any atom is -0.493 e. The fourth-order valence-electron chi connectivity index (χ4n) is 7.30. The SMILES string of the molecule is CC.COc1ccc(C(=O)NC(C)Cc2ccc(-c3ccccc3)cc2)c(OC)c1OC.COc1cccc(-c2nc(C(=O)N3CCC(c4ccccc4)CC3)cs2)c1OC.[HH]. The molecular formula is C50H59N3O7S. The first-order valence-corrected chi connectivity index (χ1v) is 21.4. The van der Waals surface area contributed by atoms with E-state index in [0.29, 0.717) is 45.9 Å². The van der Waals surface area contributed by atoms with Crippen LogP contribution in [0, 0.1) is 0 Å². The third-order valence-corrected chi connectivity index (χ3v) is 11.2. The summed E-state index contributed by atoms with van der Waals surface area (Å²) in [5.74, 6) is 2.85. The van der Waals surface area contributed by atoms with Gasteiger partial charge in [0.2, 0.25) is 5.75 Å². The summed E-state index contributed by atoms with van der Waals surface area (Å²) in [5.41, 5.74) is 6.60. The number of carbonyl (C=O) groups is 2. The number of likely N-dealkylation sites (tertiary alicyclic amines) is 1. The van der Waals surface area contributed by atoms with Gasteiger partial charge in [-0.05, 0) is 78.6 Å². The number of hydrogen-bond acceptors (Lipinski definition) is 9. The van der Waals surface area contributed by atoms with Crippen molar-refractivity contribution in [1.82, 2.24) is 15.2 Å². The van der Waals surface area contributed by atoms with Crippen LogP contribution in [0.5, 0.6) is 28.7 Å². The zero-order valence-corrected chi connectivity index (χ0v) is 37.2. The van der Waals surface area contributed by atoms with E-state index in [1.54, 1.807) is 33.5 Å². The molecule has 1 saturated heterocycles. The van der Waals surface area contributed by atoms with E-state index in [0.717, 1.165) is 48.5 Å². The van der Waals surface area contributed by atoms with E-state index < -0.39 is 0 Å². The van der Waals surface area contributed by atoms with E-state index in [-0.39, 0.29) is 19.3 Å². The van der Waals surface area contributed by atoms with Crippen molar-refractivity contribution in [2.45, 2.75) is 52.0 Å². The molecule has 7 rings (SSSR count). The first kappa shape index (κ1) is 45.7. The molecule has 61 heavy (non-hydrogen) atoms. The number of aromatic nitrogens is 1. The summed E-state index contributed by atoms with van der Waals surface area (Å²) in [6.07, 6.45) is 2.68. The molecule has 1 atom stereocenters. The lowest BCUT2D eigenvalue weighted by molar-refractivity contribution is 0.0707. The molecule has 2 amide bonds. The van der Waals surface area contributed by atoms with Crippen LogP contribution in [0.25, 0.3) is 21.7 Å². The Hall–Kier alpha value is -6.33. The molecule has 1 unspecified atom stereocenters. The Bertz CT molecular complexity index is 2300. The third-order valence-electron chi connectivity index (χ3n) is 10.3. The monoisotopic (exact) mass is 845 g/mol. The molecule has 1 N–H and O–H groups in total. The van der Waals surface area contributed by atoms with Gasteiger partial charge in [-0.2, -0.15) is 0 Å². The van der Waals surface area contributed by atoms with Crippen molar-refractivity contribution < 1.29 is 34.7 Å². The molecule has 0 radical (unpaired) electrons. The molecule has 2 heterocycles. The second-order valence-electron chi connectivity index (χ2n) is 14.1. The van der Waals surface area contributed by atoms with Crippen molar-refractivity contribution >= 4 is 23.2 Å². The van der Waals surface area contributed by atoms with Crippen LogP contribution >= 0.6 is 11.3 Å². The van der Waals surface area contributed by atoms with Gasteiger partial charge < -0.3 is 33.9 Å². The third kappa shape index (κ3) is 11.5. The normalized spacial score (nSPS) is 12.7. The van der Waals surface area contributed by atoms with Gasteiger partial charge in [-0.15, -0.1) is 11.3 Å². The zero-order valence-electron chi connectivity index (χ0n) is 36.4. The van der Waals surface area contributed by atoms with Gasteiger partial charge >= 0.3 is 0 Å². The van der Waals surface area contributed by atoms with E-state index in [9.17, 15) is 9.59 Å². The maximum Gasteiger partial charge on any atom is 0.273 e. The molecule has 10 nitrogen and oxygen atoms in total. The molecular weight excluding hydrogens is 787 g/mol. The Balaban J connectivity index is 0.000000258. The highest BCUT2D eigenvalue weighted by atomic mass is 32.1. The fraction of sp³-hybridized carbons (Fsp3) is 0.300. The molecule has 1 aliphatic heterocycles. The number of hydrogen-bond donors (Lipinski definition) is 1. The maximum atomic E-state index is 13.0. The Labute approximate surface area is 365 Å². The molecule has 6 aromatic rings. The molecule has 0 saturated carbocycles. The molecule has 0 bridgehead atoms. The maximum absolute atomic E-state index is 13.0. The van der Waals surface area contributed by atoms with E-state index in [1.807, 2.05) is 73.5 Å². The lowest BCUT2D eigenvalue weighted by atomic mass is 9.89. The van der Waals surface area contributed by atoms with Crippen LogP contribution in [-0.2, 0) is 6.42 Å². The zero-order chi connectivity index (χ0) is 43.7. The van der Waals surface area contributed by atoms with Crippen LogP contribution in [0.3, 0.4) is 0 Å². The summed E-state index contributed by atoms with van der Waals surface area (Å²) in [6, 6.07) is 38.2. The van der Waals surface area contributed by atoms with Gasteiger partial charge in [0.25, 0.3) is 11.8 Å². The number of nitrogens with one attached hydrogen (secondary N) is 1.